The number of hydrogen-bond acceptors (Lipinski definition) is 6. The number of benzene rings is 1. The maximum Gasteiger partial charge on any atom is 0.263 e. The molecule has 1 aliphatic heterocycles. The molecule has 1 aromatic carbocycles. The fourth-order valence-electron chi connectivity index (χ4n) is 4.57. The van der Waals surface area contributed by atoms with Gasteiger partial charge in [0.25, 0.3) is 5.56 Å². The van der Waals surface area contributed by atoms with Gasteiger partial charge in [-0.3, -0.25) is 19.0 Å². The Morgan fingerprint density at radius 2 is 1.88 bits per heavy atom. The summed E-state index contributed by atoms with van der Waals surface area (Å²) in [4.78, 5) is 46.6. The molecule has 1 saturated heterocycles. The summed E-state index contributed by atoms with van der Waals surface area (Å²) in [6.45, 7) is 3.20. The van der Waals surface area contributed by atoms with E-state index < -0.39 is 0 Å². The number of rotatable bonds is 6. The van der Waals surface area contributed by atoms with Gasteiger partial charge in [-0.15, -0.1) is 11.3 Å². The number of aryl methyl sites for hydroxylation is 2. The van der Waals surface area contributed by atoms with Crippen molar-refractivity contribution in [3.05, 3.63) is 50.6 Å². The molecule has 0 N–H and O–H groups in total. The Morgan fingerprint density at radius 1 is 1.09 bits per heavy atom. The summed E-state index contributed by atoms with van der Waals surface area (Å²) in [5.74, 6) is 0.330. The molecule has 1 amide bonds. The first-order valence-electron chi connectivity index (χ1n) is 11.2. The van der Waals surface area contributed by atoms with Gasteiger partial charge in [-0.2, -0.15) is 0 Å². The summed E-state index contributed by atoms with van der Waals surface area (Å²) in [6.07, 6.45) is 5.74. The summed E-state index contributed by atoms with van der Waals surface area (Å²) in [5, 5.41) is 1.39. The summed E-state index contributed by atoms with van der Waals surface area (Å²) < 4.78 is 1.70. The molecule has 2 aliphatic rings. The fraction of sp³-hybridized carbons (Fsp3) is 0.417. The normalized spacial score (nSPS) is 16.0. The lowest BCUT2D eigenvalue weighted by Crippen LogP contribution is -2.23. The van der Waals surface area contributed by atoms with Gasteiger partial charge in [0.1, 0.15) is 4.83 Å². The molecular weight excluding hydrogens is 442 g/mol. The van der Waals surface area contributed by atoms with Crippen molar-refractivity contribution in [2.75, 3.05) is 17.2 Å². The number of Topliss-reactive ketones (excluding diaryl/α,β-unsaturated/α-hetero) is 1. The van der Waals surface area contributed by atoms with Gasteiger partial charge in [0, 0.05) is 35.6 Å². The molecule has 0 radical (unpaired) electrons. The first-order chi connectivity index (χ1) is 15.6. The molecule has 0 saturated carbocycles. The average Bonchev–Trinajstić information content (AvgIpc) is 3.40. The smallest absolute Gasteiger partial charge is 0.263 e. The van der Waals surface area contributed by atoms with Crippen molar-refractivity contribution in [2.45, 2.75) is 57.1 Å². The number of ketones is 1. The number of thiophene rings is 1. The highest BCUT2D eigenvalue weighted by Crippen LogP contribution is 2.34. The second kappa shape index (κ2) is 8.83. The molecule has 1 fully saturated rings. The number of carbonyl (C=O) groups excluding carboxylic acids is 2. The van der Waals surface area contributed by atoms with Crippen LogP contribution in [0.4, 0.5) is 5.69 Å². The van der Waals surface area contributed by atoms with E-state index in [1.807, 2.05) is 19.1 Å². The van der Waals surface area contributed by atoms with Crippen molar-refractivity contribution < 1.29 is 9.59 Å². The van der Waals surface area contributed by atoms with Crippen molar-refractivity contribution >= 4 is 50.7 Å². The third-order valence-electron chi connectivity index (χ3n) is 6.26. The van der Waals surface area contributed by atoms with Crippen LogP contribution in [0.3, 0.4) is 0 Å². The van der Waals surface area contributed by atoms with Crippen molar-refractivity contribution in [1.29, 1.82) is 0 Å². The Morgan fingerprint density at radius 3 is 2.59 bits per heavy atom. The first-order valence-corrected chi connectivity index (χ1v) is 13.0. The standard InChI is InChI=1S/C24H25N3O3S2/c1-2-26-23(30)21-17-6-3-4-7-19(17)32-22(21)25-24(26)31-14-18(28)15-9-11-16(12-10-15)27-13-5-8-20(27)29/h9-12H,2-8,13-14H2,1H3. The Kier molecular flexibility index (Phi) is 5.90. The zero-order valence-corrected chi connectivity index (χ0v) is 19.7. The number of amides is 1. The molecule has 5 rings (SSSR count). The van der Waals surface area contributed by atoms with E-state index in [4.69, 9.17) is 4.98 Å². The zero-order chi connectivity index (χ0) is 22.2. The monoisotopic (exact) mass is 467 g/mol. The van der Waals surface area contributed by atoms with Crippen LogP contribution >= 0.6 is 23.1 Å². The van der Waals surface area contributed by atoms with Crippen LogP contribution in [0.25, 0.3) is 10.2 Å². The van der Waals surface area contributed by atoms with E-state index in [9.17, 15) is 14.4 Å². The van der Waals surface area contributed by atoms with Crippen molar-refractivity contribution in [3.8, 4) is 0 Å². The van der Waals surface area contributed by atoms with Crippen LogP contribution in [0.2, 0.25) is 0 Å². The van der Waals surface area contributed by atoms with Gasteiger partial charge in [-0.05, 0) is 68.9 Å². The Labute approximate surface area is 194 Å². The molecule has 0 atom stereocenters. The summed E-state index contributed by atoms with van der Waals surface area (Å²) in [5.41, 5.74) is 2.66. The van der Waals surface area contributed by atoms with Gasteiger partial charge >= 0.3 is 0 Å². The van der Waals surface area contributed by atoms with E-state index >= 15 is 0 Å². The van der Waals surface area contributed by atoms with Crippen LogP contribution in [-0.2, 0) is 24.2 Å². The van der Waals surface area contributed by atoms with Gasteiger partial charge < -0.3 is 4.90 Å². The fourth-order valence-corrected chi connectivity index (χ4v) is 6.83. The number of fused-ring (bicyclic) bond motifs is 3. The third kappa shape index (κ3) is 3.79. The van der Waals surface area contributed by atoms with Gasteiger partial charge in [-0.25, -0.2) is 4.98 Å². The minimum Gasteiger partial charge on any atom is -0.312 e. The summed E-state index contributed by atoms with van der Waals surface area (Å²) in [6, 6.07) is 7.23. The largest absolute Gasteiger partial charge is 0.312 e. The van der Waals surface area contributed by atoms with Crippen molar-refractivity contribution in [3.63, 3.8) is 0 Å². The molecule has 0 unspecified atom stereocenters. The third-order valence-corrected chi connectivity index (χ3v) is 8.42. The maximum atomic E-state index is 13.2. The average molecular weight is 468 g/mol. The first kappa shape index (κ1) is 21.4. The molecule has 1 aliphatic carbocycles. The molecule has 0 bridgehead atoms. The highest BCUT2D eigenvalue weighted by atomic mass is 32.2. The molecule has 3 aromatic rings. The number of hydrogen-bond donors (Lipinski definition) is 0. The van der Waals surface area contributed by atoms with E-state index in [-0.39, 0.29) is 23.0 Å². The quantitative estimate of drug-likeness (QED) is 0.304. The second-order valence-corrected chi connectivity index (χ2v) is 10.3. The maximum absolute atomic E-state index is 13.2. The number of thioether (sulfide) groups is 1. The second-order valence-electron chi connectivity index (χ2n) is 8.24. The lowest BCUT2D eigenvalue weighted by Gasteiger charge is -2.15. The molecular formula is C24H25N3O3S2. The van der Waals surface area contributed by atoms with E-state index in [0.717, 1.165) is 48.1 Å². The highest BCUT2D eigenvalue weighted by molar-refractivity contribution is 7.99. The minimum absolute atomic E-state index is 0.0169. The highest BCUT2D eigenvalue weighted by Gasteiger charge is 2.23. The summed E-state index contributed by atoms with van der Waals surface area (Å²) in [7, 11) is 0. The van der Waals surface area contributed by atoms with E-state index in [1.165, 1.54) is 28.6 Å². The molecule has 2 aromatic heterocycles. The topological polar surface area (TPSA) is 72.3 Å². The Bertz CT molecular complexity index is 1260. The molecule has 8 heteroatoms. The zero-order valence-electron chi connectivity index (χ0n) is 18.1. The van der Waals surface area contributed by atoms with Crippen LogP contribution in [0, 0.1) is 0 Å². The Balaban J connectivity index is 1.36. The predicted molar refractivity (Wildman–Crippen MR) is 129 cm³/mol. The van der Waals surface area contributed by atoms with Crippen LogP contribution in [0.1, 0.15) is 53.4 Å². The van der Waals surface area contributed by atoms with Crippen LogP contribution in [0.5, 0.6) is 0 Å². The number of anilines is 1. The number of aromatic nitrogens is 2. The lowest BCUT2D eigenvalue weighted by atomic mass is 9.97. The van der Waals surface area contributed by atoms with Crippen molar-refractivity contribution in [2.24, 2.45) is 0 Å². The van der Waals surface area contributed by atoms with Crippen LogP contribution < -0.4 is 10.5 Å². The van der Waals surface area contributed by atoms with Gasteiger partial charge in [0.2, 0.25) is 5.91 Å². The summed E-state index contributed by atoms with van der Waals surface area (Å²) >= 11 is 2.96. The van der Waals surface area contributed by atoms with E-state index in [0.29, 0.717) is 23.7 Å². The van der Waals surface area contributed by atoms with Gasteiger partial charge in [0.05, 0.1) is 11.1 Å². The van der Waals surface area contributed by atoms with E-state index in [1.54, 1.807) is 32.9 Å². The van der Waals surface area contributed by atoms with Crippen LogP contribution in [-0.4, -0.2) is 33.5 Å². The minimum atomic E-state index is -0.0169. The molecule has 0 spiro atoms. The van der Waals surface area contributed by atoms with Gasteiger partial charge in [-0.1, -0.05) is 11.8 Å². The molecule has 6 nitrogen and oxygen atoms in total. The molecule has 166 valence electrons. The predicted octanol–water partition coefficient (Wildman–Crippen LogP) is 4.46. The SMILES string of the molecule is CCn1c(SCC(=O)c2ccc(N3CCCC3=O)cc2)nc2sc3c(c2c1=O)CCCC3. The Hall–Kier alpha value is -2.45. The van der Waals surface area contributed by atoms with Crippen LogP contribution in [0.15, 0.2) is 34.2 Å². The number of nitrogens with zero attached hydrogens (tertiary/aromatic N) is 3. The van der Waals surface area contributed by atoms with Crippen molar-refractivity contribution in [1.82, 2.24) is 9.55 Å². The molecule has 32 heavy (non-hydrogen) atoms. The van der Waals surface area contributed by atoms with E-state index in [2.05, 4.69) is 0 Å². The van der Waals surface area contributed by atoms with Gasteiger partial charge in [0.15, 0.2) is 10.9 Å². The molecule has 3 heterocycles. The number of carbonyl (C=O) groups is 2. The lowest BCUT2D eigenvalue weighted by molar-refractivity contribution is -0.117.